The van der Waals surface area contributed by atoms with Crippen LogP contribution in [0, 0.1) is 0 Å². The Morgan fingerprint density at radius 3 is 2.48 bits per heavy atom. The van der Waals surface area contributed by atoms with Crippen molar-refractivity contribution < 1.29 is 23.8 Å². The van der Waals surface area contributed by atoms with Crippen molar-refractivity contribution in [3.8, 4) is 11.5 Å². The molecule has 0 aliphatic rings. The molecule has 0 aromatic heterocycles. The molecule has 0 atom stereocenters. The Morgan fingerprint density at radius 1 is 1.04 bits per heavy atom. The number of ether oxygens (including phenoxy) is 3. The summed E-state index contributed by atoms with van der Waals surface area (Å²) in [6.07, 6.45) is 0. The van der Waals surface area contributed by atoms with Gasteiger partial charge in [-0.25, -0.2) is 4.79 Å². The maximum atomic E-state index is 11.9. The Bertz CT molecular complexity index is 712. The van der Waals surface area contributed by atoms with E-state index in [0.717, 1.165) is 11.3 Å². The van der Waals surface area contributed by atoms with Crippen molar-refractivity contribution in [2.75, 3.05) is 20.3 Å². The van der Waals surface area contributed by atoms with Crippen LogP contribution in [0.5, 0.6) is 11.5 Å². The van der Waals surface area contributed by atoms with Gasteiger partial charge in [-0.1, -0.05) is 12.1 Å². The van der Waals surface area contributed by atoms with Gasteiger partial charge >= 0.3 is 5.97 Å². The Labute approximate surface area is 146 Å². The molecule has 0 bridgehead atoms. The summed E-state index contributed by atoms with van der Waals surface area (Å²) in [5, 5.41) is 2.77. The second kappa shape index (κ2) is 9.32. The molecule has 132 valence electrons. The monoisotopic (exact) mass is 343 g/mol. The number of carbonyl (C=O) groups is 2. The highest BCUT2D eigenvalue weighted by molar-refractivity contribution is 5.89. The van der Waals surface area contributed by atoms with Crippen LogP contribution in [0.25, 0.3) is 0 Å². The van der Waals surface area contributed by atoms with Crippen molar-refractivity contribution >= 4 is 11.9 Å². The molecular weight excluding hydrogens is 322 g/mol. The lowest BCUT2D eigenvalue weighted by Crippen LogP contribution is -2.28. The van der Waals surface area contributed by atoms with E-state index in [1.165, 1.54) is 0 Å². The van der Waals surface area contributed by atoms with Crippen LogP contribution in [0.4, 0.5) is 0 Å². The first-order chi connectivity index (χ1) is 12.1. The van der Waals surface area contributed by atoms with Gasteiger partial charge in [0.05, 0.1) is 19.3 Å². The van der Waals surface area contributed by atoms with E-state index in [-0.39, 0.29) is 18.5 Å². The summed E-state index contributed by atoms with van der Waals surface area (Å²) in [4.78, 5) is 23.4. The molecule has 0 radical (unpaired) electrons. The third-order valence-corrected chi connectivity index (χ3v) is 3.36. The molecule has 6 nitrogen and oxygen atoms in total. The van der Waals surface area contributed by atoms with E-state index in [2.05, 4.69) is 5.32 Å². The fourth-order valence-electron chi connectivity index (χ4n) is 2.08. The number of nitrogens with one attached hydrogen (secondary N) is 1. The Balaban J connectivity index is 1.78. The molecule has 0 spiro atoms. The predicted octanol–water partition coefficient (Wildman–Crippen LogP) is 2.57. The molecule has 0 saturated carbocycles. The summed E-state index contributed by atoms with van der Waals surface area (Å²) >= 11 is 0. The van der Waals surface area contributed by atoms with Crippen LogP contribution in [0.2, 0.25) is 0 Å². The van der Waals surface area contributed by atoms with E-state index >= 15 is 0 Å². The molecule has 0 aliphatic heterocycles. The fourth-order valence-corrected chi connectivity index (χ4v) is 2.08. The van der Waals surface area contributed by atoms with Crippen LogP contribution >= 0.6 is 0 Å². The third-order valence-electron chi connectivity index (χ3n) is 3.36. The fraction of sp³-hybridized carbons (Fsp3) is 0.263. The van der Waals surface area contributed by atoms with Crippen LogP contribution in [-0.2, 0) is 16.1 Å². The van der Waals surface area contributed by atoms with Crippen molar-refractivity contribution in [2.24, 2.45) is 0 Å². The summed E-state index contributed by atoms with van der Waals surface area (Å²) in [5.41, 5.74) is 1.38. The summed E-state index contributed by atoms with van der Waals surface area (Å²) in [5.74, 6) is 0.622. The zero-order valence-electron chi connectivity index (χ0n) is 14.3. The number of benzene rings is 2. The average molecular weight is 343 g/mol. The van der Waals surface area contributed by atoms with E-state index in [1.54, 1.807) is 38.3 Å². The number of methoxy groups -OCH3 is 1. The number of hydrogen-bond donors (Lipinski definition) is 1. The normalized spacial score (nSPS) is 10.0. The van der Waals surface area contributed by atoms with Gasteiger partial charge in [0.15, 0.2) is 6.61 Å². The number of rotatable bonds is 8. The Morgan fingerprint density at radius 2 is 1.80 bits per heavy atom. The molecule has 0 heterocycles. The minimum atomic E-state index is -0.384. The minimum absolute atomic E-state index is 0.108. The average Bonchev–Trinajstić information content (AvgIpc) is 2.65. The van der Waals surface area contributed by atoms with Crippen molar-refractivity contribution in [1.29, 1.82) is 0 Å². The first kappa shape index (κ1) is 18.3. The van der Waals surface area contributed by atoms with E-state index in [0.29, 0.717) is 24.5 Å². The van der Waals surface area contributed by atoms with Crippen molar-refractivity contribution in [3.05, 3.63) is 59.7 Å². The lowest BCUT2D eigenvalue weighted by molar-refractivity contribution is -0.123. The molecule has 0 aliphatic carbocycles. The smallest absolute Gasteiger partial charge is 0.338 e. The molecular formula is C19H21NO5. The minimum Gasteiger partial charge on any atom is -0.497 e. The highest BCUT2D eigenvalue weighted by atomic mass is 16.5. The van der Waals surface area contributed by atoms with Gasteiger partial charge in [-0.05, 0) is 48.9 Å². The number of amides is 1. The van der Waals surface area contributed by atoms with Crippen molar-refractivity contribution in [2.45, 2.75) is 13.5 Å². The maximum Gasteiger partial charge on any atom is 0.338 e. The molecule has 0 saturated heterocycles. The van der Waals surface area contributed by atoms with Gasteiger partial charge in [-0.15, -0.1) is 0 Å². The molecule has 0 unspecified atom stereocenters. The second-order valence-electron chi connectivity index (χ2n) is 5.16. The lowest BCUT2D eigenvalue weighted by Gasteiger charge is -2.09. The quantitative estimate of drug-likeness (QED) is 0.746. The van der Waals surface area contributed by atoms with Crippen LogP contribution in [-0.4, -0.2) is 32.2 Å². The predicted molar refractivity (Wildman–Crippen MR) is 92.7 cm³/mol. The summed E-state index contributed by atoms with van der Waals surface area (Å²) in [6, 6.07) is 13.9. The molecule has 1 amide bonds. The summed E-state index contributed by atoms with van der Waals surface area (Å²) in [6.45, 7) is 2.36. The standard InChI is InChI=1S/C19H21NO5/c1-3-24-19(22)15-7-9-16(10-8-15)25-13-18(21)20-12-14-5-4-6-17(11-14)23-2/h4-11H,3,12-13H2,1-2H3,(H,20,21). The third kappa shape index (κ3) is 5.84. The van der Waals surface area contributed by atoms with Gasteiger partial charge in [0.2, 0.25) is 0 Å². The van der Waals surface area contributed by atoms with E-state index < -0.39 is 0 Å². The first-order valence-corrected chi connectivity index (χ1v) is 7.92. The molecule has 1 N–H and O–H groups in total. The highest BCUT2D eigenvalue weighted by Gasteiger charge is 2.07. The Hall–Kier alpha value is -3.02. The molecule has 2 aromatic carbocycles. The highest BCUT2D eigenvalue weighted by Crippen LogP contribution is 2.14. The van der Waals surface area contributed by atoms with E-state index in [9.17, 15) is 9.59 Å². The van der Waals surface area contributed by atoms with Crippen LogP contribution in [0.1, 0.15) is 22.8 Å². The van der Waals surface area contributed by atoms with Crippen molar-refractivity contribution in [3.63, 3.8) is 0 Å². The van der Waals surface area contributed by atoms with Crippen molar-refractivity contribution in [1.82, 2.24) is 5.32 Å². The SMILES string of the molecule is CCOC(=O)c1ccc(OCC(=O)NCc2cccc(OC)c2)cc1. The number of hydrogen-bond acceptors (Lipinski definition) is 5. The zero-order chi connectivity index (χ0) is 18.1. The lowest BCUT2D eigenvalue weighted by atomic mass is 10.2. The molecule has 0 fully saturated rings. The van der Waals surface area contributed by atoms with Crippen LogP contribution in [0.15, 0.2) is 48.5 Å². The van der Waals surface area contributed by atoms with E-state index in [4.69, 9.17) is 14.2 Å². The van der Waals surface area contributed by atoms with Gasteiger partial charge in [0, 0.05) is 6.54 Å². The van der Waals surface area contributed by atoms with E-state index in [1.807, 2.05) is 24.3 Å². The molecule has 2 rings (SSSR count). The van der Waals surface area contributed by atoms with Crippen LogP contribution < -0.4 is 14.8 Å². The van der Waals surface area contributed by atoms with Crippen LogP contribution in [0.3, 0.4) is 0 Å². The molecule has 25 heavy (non-hydrogen) atoms. The summed E-state index contributed by atoms with van der Waals surface area (Å²) < 4.78 is 15.4. The maximum absolute atomic E-state index is 11.9. The van der Waals surface area contributed by atoms with Gasteiger partial charge in [0.1, 0.15) is 11.5 Å². The zero-order valence-corrected chi connectivity index (χ0v) is 14.3. The second-order valence-corrected chi connectivity index (χ2v) is 5.16. The summed E-state index contributed by atoms with van der Waals surface area (Å²) in [7, 11) is 1.60. The number of esters is 1. The first-order valence-electron chi connectivity index (χ1n) is 7.92. The van der Waals surface area contributed by atoms with Gasteiger partial charge in [-0.3, -0.25) is 4.79 Å². The molecule has 6 heteroatoms. The largest absolute Gasteiger partial charge is 0.497 e. The Kier molecular flexibility index (Phi) is 6.83. The van der Waals surface area contributed by atoms with Gasteiger partial charge < -0.3 is 19.5 Å². The topological polar surface area (TPSA) is 73.9 Å². The van der Waals surface area contributed by atoms with Gasteiger partial charge in [-0.2, -0.15) is 0 Å². The number of carbonyl (C=O) groups excluding carboxylic acids is 2. The molecule has 2 aromatic rings. The van der Waals surface area contributed by atoms with Gasteiger partial charge in [0.25, 0.3) is 5.91 Å².